The highest BCUT2D eigenvalue weighted by molar-refractivity contribution is 6.30. The number of aromatic nitrogens is 1. The number of hydrogen-bond donors (Lipinski definition) is 1. The van der Waals surface area contributed by atoms with Crippen LogP contribution in [0.5, 0.6) is 5.75 Å². The topological polar surface area (TPSA) is 45.6 Å². The zero-order chi connectivity index (χ0) is 18.0. The van der Waals surface area contributed by atoms with Gasteiger partial charge in [-0.15, -0.1) is 0 Å². The molecular weight excluding hydrogens is 350 g/mol. The maximum absolute atomic E-state index is 13.8. The van der Waals surface area contributed by atoms with Crippen LogP contribution < -0.4 is 0 Å². The molecule has 0 spiro atoms. The van der Waals surface area contributed by atoms with Gasteiger partial charge in [-0.1, -0.05) is 11.6 Å². The number of phenols is 1. The molecule has 25 heavy (non-hydrogen) atoms. The van der Waals surface area contributed by atoms with E-state index in [1.54, 1.807) is 12.1 Å². The molecule has 0 bridgehead atoms. The van der Waals surface area contributed by atoms with Crippen LogP contribution in [0, 0.1) is 11.6 Å². The van der Waals surface area contributed by atoms with E-state index in [1.165, 1.54) is 12.3 Å². The van der Waals surface area contributed by atoms with E-state index in [9.17, 15) is 13.9 Å². The number of halogens is 3. The van der Waals surface area contributed by atoms with Crippen LogP contribution in [-0.4, -0.2) is 41.2 Å². The first-order valence-electron chi connectivity index (χ1n) is 8.08. The van der Waals surface area contributed by atoms with Crippen molar-refractivity contribution in [3.05, 3.63) is 58.4 Å². The summed E-state index contributed by atoms with van der Waals surface area (Å²) in [5, 5.41) is 10.5. The lowest BCUT2D eigenvalue weighted by molar-refractivity contribution is -0.0260. The van der Waals surface area contributed by atoms with Crippen LogP contribution in [0.3, 0.4) is 0 Å². The Kier molecular flexibility index (Phi) is 5.51. The van der Waals surface area contributed by atoms with Gasteiger partial charge in [0.1, 0.15) is 6.10 Å². The molecule has 1 atom stereocenters. The van der Waals surface area contributed by atoms with Crippen molar-refractivity contribution in [2.45, 2.75) is 25.0 Å². The van der Waals surface area contributed by atoms with Gasteiger partial charge in [-0.25, -0.2) is 4.39 Å². The van der Waals surface area contributed by atoms with Crippen molar-refractivity contribution in [3.8, 4) is 5.75 Å². The first-order chi connectivity index (χ1) is 12.0. The van der Waals surface area contributed by atoms with Crippen LogP contribution in [-0.2, 0) is 4.74 Å². The second-order valence-corrected chi connectivity index (χ2v) is 6.66. The minimum atomic E-state index is -1.29. The van der Waals surface area contributed by atoms with E-state index in [-0.39, 0.29) is 11.7 Å². The van der Waals surface area contributed by atoms with Crippen molar-refractivity contribution >= 4 is 11.6 Å². The van der Waals surface area contributed by atoms with Crippen molar-refractivity contribution in [2.75, 3.05) is 20.1 Å². The Morgan fingerprint density at radius 1 is 1.24 bits per heavy atom. The van der Waals surface area contributed by atoms with Crippen molar-refractivity contribution < 1.29 is 18.6 Å². The van der Waals surface area contributed by atoms with Gasteiger partial charge in [-0.2, -0.15) is 4.39 Å². The zero-order valence-electron chi connectivity index (χ0n) is 13.8. The maximum Gasteiger partial charge on any atom is 0.200 e. The average molecular weight is 369 g/mol. The Balaban J connectivity index is 1.94. The summed E-state index contributed by atoms with van der Waals surface area (Å²) in [7, 11) is 2.04. The maximum atomic E-state index is 13.8. The predicted octanol–water partition coefficient (Wildman–Crippen LogP) is 3.92. The largest absolute Gasteiger partial charge is 0.504 e. The Morgan fingerprint density at radius 3 is 2.60 bits per heavy atom. The second-order valence-electron chi connectivity index (χ2n) is 6.22. The molecule has 0 saturated carbocycles. The lowest BCUT2D eigenvalue weighted by atomic mass is 10.0. The third-order valence-corrected chi connectivity index (χ3v) is 4.62. The second kappa shape index (κ2) is 7.64. The molecule has 1 aromatic heterocycles. The number of nitrogens with zero attached hydrogens (tertiary/aromatic N) is 2. The molecule has 1 aromatic carbocycles. The highest BCUT2D eigenvalue weighted by Gasteiger charge is 2.28. The molecule has 2 heterocycles. The quantitative estimate of drug-likeness (QED) is 0.888. The van der Waals surface area contributed by atoms with Crippen molar-refractivity contribution in [1.82, 2.24) is 9.88 Å². The normalized spacial score (nSPS) is 17.6. The van der Waals surface area contributed by atoms with Gasteiger partial charge in [0.2, 0.25) is 5.82 Å². The summed E-state index contributed by atoms with van der Waals surface area (Å²) in [5.41, 5.74) is 0.622. The summed E-state index contributed by atoms with van der Waals surface area (Å²) in [4.78, 5) is 6.43. The third-order valence-electron chi connectivity index (χ3n) is 4.40. The fraction of sp³-hybridized carbons (Fsp3) is 0.389. The van der Waals surface area contributed by atoms with Gasteiger partial charge in [-0.3, -0.25) is 4.98 Å². The molecule has 2 aromatic rings. The van der Waals surface area contributed by atoms with E-state index in [0.29, 0.717) is 10.7 Å². The molecule has 1 aliphatic heterocycles. The fourth-order valence-corrected chi connectivity index (χ4v) is 3.04. The molecule has 0 radical (unpaired) electrons. The summed E-state index contributed by atoms with van der Waals surface area (Å²) >= 11 is 5.88. The Labute approximate surface area is 150 Å². The summed E-state index contributed by atoms with van der Waals surface area (Å²) in [6.45, 7) is 1.77. The molecule has 0 amide bonds. The van der Waals surface area contributed by atoms with Crippen molar-refractivity contribution in [2.24, 2.45) is 0 Å². The first-order valence-corrected chi connectivity index (χ1v) is 8.46. The molecule has 4 nitrogen and oxygen atoms in total. The summed E-state index contributed by atoms with van der Waals surface area (Å²) in [5.74, 6) is -3.15. The monoisotopic (exact) mass is 368 g/mol. The molecule has 1 saturated heterocycles. The number of rotatable bonds is 4. The van der Waals surface area contributed by atoms with Gasteiger partial charge in [0.05, 0.1) is 16.8 Å². The van der Waals surface area contributed by atoms with Crippen LogP contribution in [0.4, 0.5) is 8.78 Å². The Bertz CT molecular complexity index is 735. The highest BCUT2D eigenvalue weighted by atomic mass is 35.5. The van der Waals surface area contributed by atoms with E-state index >= 15 is 0 Å². The third kappa shape index (κ3) is 4.08. The molecule has 1 N–H and O–H groups in total. The highest BCUT2D eigenvalue weighted by Crippen LogP contribution is 2.36. The van der Waals surface area contributed by atoms with Crippen LogP contribution in [0.25, 0.3) is 0 Å². The molecule has 134 valence electrons. The number of pyridine rings is 1. The van der Waals surface area contributed by atoms with Crippen LogP contribution in [0.2, 0.25) is 5.02 Å². The first kappa shape index (κ1) is 18.0. The van der Waals surface area contributed by atoms with Gasteiger partial charge in [0, 0.05) is 24.8 Å². The number of aromatic hydroxyl groups is 1. The van der Waals surface area contributed by atoms with Gasteiger partial charge < -0.3 is 14.7 Å². The standard InChI is InChI=1S/C18H19ClF2N2O2/c1-23-8-6-12(7-9-23)25-18(15-5-2-11(19)10-22-15)13-3-4-14(20)16(21)17(13)24/h2-5,10,12,18,24H,6-9H2,1H3. The minimum Gasteiger partial charge on any atom is -0.504 e. The van der Waals surface area contributed by atoms with Gasteiger partial charge in [0.25, 0.3) is 0 Å². The summed E-state index contributed by atoms with van der Waals surface area (Å²) < 4.78 is 33.3. The number of ether oxygens (including phenoxy) is 1. The Morgan fingerprint density at radius 2 is 1.96 bits per heavy atom. The predicted molar refractivity (Wildman–Crippen MR) is 90.7 cm³/mol. The zero-order valence-corrected chi connectivity index (χ0v) is 14.5. The Hall–Kier alpha value is -1.76. The molecule has 1 fully saturated rings. The van der Waals surface area contributed by atoms with E-state index in [2.05, 4.69) is 9.88 Å². The van der Waals surface area contributed by atoms with E-state index in [0.717, 1.165) is 32.0 Å². The van der Waals surface area contributed by atoms with E-state index < -0.39 is 23.5 Å². The van der Waals surface area contributed by atoms with Crippen LogP contribution in [0.1, 0.15) is 30.2 Å². The number of phenolic OH excluding ortho intramolecular Hbond substituents is 1. The number of hydrogen-bond acceptors (Lipinski definition) is 4. The van der Waals surface area contributed by atoms with E-state index in [4.69, 9.17) is 16.3 Å². The average Bonchev–Trinajstić information content (AvgIpc) is 2.61. The molecule has 7 heteroatoms. The molecule has 3 rings (SSSR count). The van der Waals surface area contributed by atoms with Crippen molar-refractivity contribution in [1.29, 1.82) is 0 Å². The molecule has 1 aliphatic rings. The molecule has 0 aliphatic carbocycles. The number of benzene rings is 1. The smallest absolute Gasteiger partial charge is 0.200 e. The molecule has 1 unspecified atom stereocenters. The molecular formula is C18H19ClF2N2O2. The SMILES string of the molecule is CN1CCC(OC(c2ccc(Cl)cn2)c2ccc(F)c(F)c2O)CC1. The van der Waals surface area contributed by atoms with Crippen LogP contribution >= 0.6 is 11.6 Å². The fourth-order valence-electron chi connectivity index (χ4n) is 2.92. The summed E-state index contributed by atoms with van der Waals surface area (Å²) in [6.07, 6.45) is 2.21. The number of piperidine rings is 1. The van der Waals surface area contributed by atoms with E-state index in [1.807, 2.05) is 7.05 Å². The van der Waals surface area contributed by atoms with Crippen LogP contribution in [0.15, 0.2) is 30.5 Å². The lowest BCUT2D eigenvalue weighted by Gasteiger charge is -2.32. The van der Waals surface area contributed by atoms with Gasteiger partial charge >= 0.3 is 0 Å². The summed E-state index contributed by atoms with van der Waals surface area (Å²) in [6, 6.07) is 5.60. The minimum absolute atomic E-state index is 0.0637. The van der Waals surface area contributed by atoms with Gasteiger partial charge in [-0.05, 0) is 44.2 Å². The van der Waals surface area contributed by atoms with Gasteiger partial charge in [0.15, 0.2) is 11.6 Å². The van der Waals surface area contributed by atoms with Crippen molar-refractivity contribution in [3.63, 3.8) is 0 Å². The lowest BCUT2D eigenvalue weighted by Crippen LogP contribution is -2.35. The number of likely N-dealkylation sites (tertiary alicyclic amines) is 1.